The van der Waals surface area contributed by atoms with Gasteiger partial charge in [-0.3, -0.25) is 0 Å². The molecular formula is C19H32O. The van der Waals surface area contributed by atoms with Crippen LogP contribution in [-0.4, -0.2) is 5.78 Å². The van der Waals surface area contributed by atoms with Crippen molar-refractivity contribution in [3.05, 3.63) is 34.9 Å². The number of aryl methyl sites for hydroxylation is 2. The Morgan fingerprint density at radius 3 is 2.00 bits per heavy atom. The molecule has 0 aliphatic carbocycles. The van der Waals surface area contributed by atoms with Gasteiger partial charge in [-0.15, -0.1) is 0 Å². The summed E-state index contributed by atoms with van der Waals surface area (Å²) in [7, 11) is 0. The second-order valence-electron chi connectivity index (χ2n) is 6.13. The largest absolute Gasteiger partial charge is 0.300 e. The second-order valence-corrected chi connectivity index (χ2v) is 6.13. The summed E-state index contributed by atoms with van der Waals surface area (Å²) in [4.78, 5) is 10.3. The second kappa shape index (κ2) is 10.7. The number of carbonyl (C=O) groups excluding carboxylic acids is 1. The lowest BCUT2D eigenvalue weighted by Crippen LogP contribution is -1.95. The van der Waals surface area contributed by atoms with E-state index >= 15 is 0 Å². The van der Waals surface area contributed by atoms with Crippen LogP contribution >= 0.6 is 0 Å². The zero-order valence-electron chi connectivity index (χ0n) is 14.3. The summed E-state index contributed by atoms with van der Waals surface area (Å²) in [6.07, 6.45) is 5.98. The number of carbonyl (C=O) groups is 1. The van der Waals surface area contributed by atoms with E-state index in [1.165, 1.54) is 36.8 Å². The monoisotopic (exact) mass is 276 g/mol. The quantitative estimate of drug-likeness (QED) is 0.613. The molecule has 0 atom stereocenters. The summed E-state index contributed by atoms with van der Waals surface area (Å²) in [5.41, 5.74) is 4.48. The average Bonchev–Trinajstić information content (AvgIpc) is 2.32. The minimum absolute atomic E-state index is 0.287. The van der Waals surface area contributed by atoms with E-state index in [9.17, 15) is 4.79 Å². The first-order valence-corrected chi connectivity index (χ1v) is 7.93. The van der Waals surface area contributed by atoms with Gasteiger partial charge >= 0.3 is 0 Å². The third-order valence-electron chi connectivity index (χ3n) is 3.37. The number of unbranched alkanes of at least 4 members (excludes halogenated alkanes) is 2. The fraction of sp³-hybridized carbons (Fsp3) is 0.632. The van der Waals surface area contributed by atoms with Gasteiger partial charge in [0.25, 0.3) is 0 Å². The SMILES string of the molecule is CC(=O)CC(C)C.CCCCCc1c(C)cccc1C. The highest BCUT2D eigenvalue weighted by molar-refractivity contribution is 5.75. The van der Waals surface area contributed by atoms with E-state index in [4.69, 9.17) is 0 Å². The van der Waals surface area contributed by atoms with E-state index in [1.807, 2.05) is 13.8 Å². The molecule has 1 aromatic carbocycles. The normalized spacial score (nSPS) is 10.2. The van der Waals surface area contributed by atoms with Gasteiger partial charge in [-0.2, -0.15) is 0 Å². The number of benzene rings is 1. The van der Waals surface area contributed by atoms with Crippen LogP contribution in [0.1, 0.15) is 70.1 Å². The van der Waals surface area contributed by atoms with Crippen LogP contribution < -0.4 is 0 Å². The molecule has 0 aromatic heterocycles. The molecule has 0 radical (unpaired) electrons. The topological polar surface area (TPSA) is 17.1 Å². The molecule has 0 saturated carbocycles. The van der Waals surface area contributed by atoms with Gasteiger partial charge in [0.15, 0.2) is 0 Å². The molecule has 0 amide bonds. The Balaban J connectivity index is 0.000000441. The van der Waals surface area contributed by atoms with Gasteiger partial charge < -0.3 is 4.79 Å². The summed E-state index contributed by atoms with van der Waals surface area (Å²) in [5.74, 6) is 0.813. The van der Waals surface area contributed by atoms with E-state index < -0.39 is 0 Å². The minimum atomic E-state index is 0.287. The molecule has 0 unspecified atom stereocenters. The fourth-order valence-corrected chi connectivity index (χ4v) is 2.37. The van der Waals surface area contributed by atoms with E-state index in [0.29, 0.717) is 5.92 Å². The van der Waals surface area contributed by atoms with Crippen molar-refractivity contribution in [2.45, 2.75) is 73.6 Å². The molecule has 0 bridgehead atoms. The Morgan fingerprint density at radius 1 is 1.10 bits per heavy atom. The first kappa shape index (κ1) is 18.9. The Bertz CT molecular complexity index is 371. The summed E-state index contributed by atoms with van der Waals surface area (Å²) >= 11 is 0. The van der Waals surface area contributed by atoms with Crippen LogP contribution in [-0.2, 0) is 11.2 Å². The zero-order chi connectivity index (χ0) is 15.5. The van der Waals surface area contributed by atoms with Gasteiger partial charge in [0.1, 0.15) is 5.78 Å². The van der Waals surface area contributed by atoms with Crippen molar-refractivity contribution in [1.82, 2.24) is 0 Å². The molecule has 114 valence electrons. The van der Waals surface area contributed by atoms with E-state index in [-0.39, 0.29) is 5.78 Å². The van der Waals surface area contributed by atoms with Crippen LogP contribution in [0.2, 0.25) is 0 Å². The number of hydrogen-bond acceptors (Lipinski definition) is 1. The van der Waals surface area contributed by atoms with Crippen LogP contribution in [0.5, 0.6) is 0 Å². The summed E-state index contributed by atoms with van der Waals surface area (Å²) in [6, 6.07) is 6.58. The van der Waals surface area contributed by atoms with Crippen molar-refractivity contribution < 1.29 is 4.79 Å². The lowest BCUT2D eigenvalue weighted by molar-refractivity contribution is -0.117. The summed E-state index contributed by atoms with van der Waals surface area (Å²) in [5, 5.41) is 0. The van der Waals surface area contributed by atoms with E-state index in [1.54, 1.807) is 12.5 Å². The van der Waals surface area contributed by atoms with Crippen molar-refractivity contribution in [2.75, 3.05) is 0 Å². The third-order valence-corrected chi connectivity index (χ3v) is 3.37. The van der Waals surface area contributed by atoms with Crippen LogP contribution in [0.3, 0.4) is 0 Å². The Hall–Kier alpha value is -1.11. The van der Waals surface area contributed by atoms with Gasteiger partial charge in [-0.25, -0.2) is 0 Å². The van der Waals surface area contributed by atoms with Crippen molar-refractivity contribution in [1.29, 1.82) is 0 Å². The molecule has 0 saturated heterocycles. The molecular weight excluding hydrogens is 244 g/mol. The highest BCUT2D eigenvalue weighted by atomic mass is 16.1. The van der Waals surface area contributed by atoms with Crippen LogP contribution in [0.4, 0.5) is 0 Å². The molecule has 0 fully saturated rings. The average molecular weight is 276 g/mol. The molecule has 20 heavy (non-hydrogen) atoms. The standard InChI is InChI=1S/C13H20.C6H12O/c1-4-5-6-10-13-11(2)8-7-9-12(13)3;1-5(2)4-6(3)7/h7-9H,4-6,10H2,1-3H3;5H,4H2,1-3H3. The maximum Gasteiger partial charge on any atom is 0.130 e. The zero-order valence-corrected chi connectivity index (χ0v) is 14.3. The summed E-state index contributed by atoms with van der Waals surface area (Å²) in [6.45, 7) is 12.4. The lowest BCUT2D eigenvalue weighted by atomic mass is 9.98. The van der Waals surface area contributed by atoms with E-state index in [2.05, 4.69) is 39.0 Å². The minimum Gasteiger partial charge on any atom is -0.300 e. The van der Waals surface area contributed by atoms with Crippen LogP contribution in [0.15, 0.2) is 18.2 Å². The van der Waals surface area contributed by atoms with Gasteiger partial charge in [0.2, 0.25) is 0 Å². The molecule has 0 N–H and O–H groups in total. The van der Waals surface area contributed by atoms with Crippen molar-refractivity contribution in [3.8, 4) is 0 Å². The molecule has 1 heteroatoms. The van der Waals surface area contributed by atoms with Crippen molar-refractivity contribution in [2.24, 2.45) is 5.92 Å². The number of hydrogen-bond donors (Lipinski definition) is 0. The van der Waals surface area contributed by atoms with E-state index in [0.717, 1.165) is 6.42 Å². The molecule has 0 spiro atoms. The highest BCUT2D eigenvalue weighted by Crippen LogP contribution is 2.16. The van der Waals surface area contributed by atoms with Gasteiger partial charge in [-0.1, -0.05) is 51.8 Å². The predicted molar refractivity (Wildman–Crippen MR) is 89.3 cm³/mol. The maximum absolute atomic E-state index is 10.3. The van der Waals surface area contributed by atoms with Gasteiger partial charge in [-0.05, 0) is 56.2 Å². The van der Waals surface area contributed by atoms with Crippen LogP contribution in [0.25, 0.3) is 0 Å². The molecule has 0 aliphatic rings. The van der Waals surface area contributed by atoms with Crippen molar-refractivity contribution in [3.63, 3.8) is 0 Å². The fourth-order valence-electron chi connectivity index (χ4n) is 2.37. The number of Topliss-reactive ketones (excluding diaryl/α,β-unsaturated/α-hetero) is 1. The Kier molecular flexibility index (Phi) is 10.1. The molecule has 0 aliphatic heterocycles. The number of rotatable bonds is 6. The first-order valence-electron chi connectivity index (χ1n) is 7.93. The maximum atomic E-state index is 10.3. The Labute approximate surface area is 125 Å². The van der Waals surface area contributed by atoms with Crippen molar-refractivity contribution >= 4 is 5.78 Å². The summed E-state index contributed by atoms with van der Waals surface area (Å²) < 4.78 is 0. The van der Waals surface area contributed by atoms with Gasteiger partial charge in [0, 0.05) is 6.42 Å². The third kappa shape index (κ3) is 8.90. The lowest BCUT2D eigenvalue weighted by Gasteiger charge is -2.08. The Morgan fingerprint density at radius 2 is 1.65 bits per heavy atom. The predicted octanol–water partition coefficient (Wildman–Crippen LogP) is 5.66. The van der Waals surface area contributed by atoms with Gasteiger partial charge in [0.05, 0.1) is 0 Å². The molecule has 0 heterocycles. The molecule has 1 aromatic rings. The molecule has 1 nitrogen and oxygen atoms in total. The molecule has 1 rings (SSSR count). The van der Waals surface area contributed by atoms with Crippen LogP contribution in [0, 0.1) is 19.8 Å². The highest BCUT2D eigenvalue weighted by Gasteiger charge is 2.00. The number of ketones is 1. The smallest absolute Gasteiger partial charge is 0.130 e. The first-order chi connectivity index (χ1) is 9.38.